The average molecular weight is 656 g/mol. The van der Waals surface area contributed by atoms with Crippen molar-refractivity contribution < 1.29 is 5.11 Å². The lowest BCUT2D eigenvalue weighted by molar-refractivity contribution is 0.446. The number of hydrogen-bond donors (Lipinski definition) is 1. The number of phenolic OH excluding ortho intramolecular Hbond substituents is 1. The van der Waals surface area contributed by atoms with Gasteiger partial charge in [0.2, 0.25) is 0 Å². The van der Waals surface area contributed by atoms with Gasteiger partial charge >= 0.3 is 0 Å². The lowest BCUT2D eigenvalue weighted by atomic mass is 9.79. The molecule has 7 aromatic rings. The SMILES string of the molecule is CC(C)(C)c1cc(-c2nc(-c3ccccc3)nc(-c3cccc(N(c4ccccn4)c4cccc5ccccc45)c3)n2)c(O)c(C(C)(C)C)c1. The van der Waals surface area contributed by atoms with Gasteiger partial charge < -0.3 is 5.11 Å². The van der Waals surface area contributed by atoms with Crippen molar-refractivity contribution in [2.24, 2.45) is 0 Å². The normalized spacial score (nSPS) is 11.9. The van der Waals surface area contributed by atoms with Crippen LogP contribution in [0.15, 0.2) is 134 Å². The summed E-state index contributed by atoms with van der Waals surface area (Å²) in [5.74, 6) is 2.44. The first kappa shape index (κ1) is 32.7. The topological polar surface area (TPSA) is 75.0 Å². The third kappa shape index (κ3) is 6.45. The Labute approximate surface area is 294 Å². The number of aromatic nitrogens is 4. The van der Waals surface area contributed by atoms with E-state index in [1.54, 1.807) is 0 Å². The highest BCUT2D eigenvalue weighted by atomic mass is 16.3. The van der Waals surface area contributed by atoms with Crippen molar-refractivity contribution in [3.63, 3.8) is 0 Å². The number of aromatic hydroxyl groups is 1. The van der Waals surface area contributed by atoms with Crippen LogP contribution in [-0.4, -0.2) is 25.0 Å². The number of pyridine rings is 1. The van der Waals surface area contributed by atoms with Crippen LogP contribution in [-0.2, 0) is 10.8 Å². The minimum Gasteiger partial charge on any atom is -0.507 e. The van der Waals surface area contributed by atoms with Gasteiger partial charge in [-0.05, 0) is 58.2 Å². The van der Waals surface area contributed by atoms with Gasteiger partial charge in [0.05, 0.1) is 11.3 Å². The number of phenols is 1. The molecule has 0 bridgehead atoms. The van der Waals surface area contributed by atoms with Crippen molar-refractivity contribution >= 4 is 28.0 Å². The molecule has 0 aliphatic carbocycles. The smallest absolute Gasteiger partial charge is 0.167 e. The van der Waals surface area contributed by atoms with Crippen LogP contribution >= 0.6 is 0 Å². The summed E-state index contributed by atoms with van der Waals surface area (Å²) in [6.45, 7) is 12.9. The summed E-state index contributed by atoms with van der Waals surface area (Å²) in [5.41, 5.74) is 5.67. The number of nitrogens with zero attached hydrogens (tertiary/aromatic N) is 5. The number of rotatable bonds is 6. The largest absolute Gasteiger partial charge is 0.507 e. The van der Waals surface area contributed by atoms with E-state index in [1.165, 1.54) is 0 Å². The van der Waals surface area contributed by atoms with E-state index in [0.717, 1.165) is 50.2 Å². The molecule has 5 aromatic carbocycles. The maximum Gasteiger partial charge on any atom is 0.167 e. The summed E-state index contributed by atoms with van der Waals surface area (Å²) >= 11 is 0. The van der Waals surface area contributed by atoms with E-state index in [0.29, 0.717) is 23.0 Å². The third-order valence-electron chi connectivity index (χ3n) is 8.94. The number of fused-ring (bicyclic) bond motifs is 1. The van der Waals surface area contributed by atoms with Crippen LogP contribution in [0.2, 0.25) is 0 Å². The van der Waals surface area contributed by atoms with E-state index in [-0.39, 0.29) is 16.6 Å². The zero-order valence-corrected chi connectivity index (χ0v) is 29.4. The lowest BCUT2D eigenvalue weighted by Crippen LogP contribution is -2.17. The van der Waals surface area contributed by atoms with Gasteiger partial charge in [-0.2, -0.15) is 0 Å². The lowest BCUT2D eigenvalue weighted by Gasteiger charge is -2.27. The zero-order chi connectivity index (χ0) is 35.0. The molecule has 0 fully saturated rings. The van der Waals surface area contributed by atoms with E-state index < -0.39 is 0 Å². The van der Waals surface area contributed by atoms with Crippen molar-refractivity contribution in [3.8, 4) is 39.9 Å². The molecule has 7 rings (SSSR count). The van der Waals surface area contributed by atoms with Gasteiger partial charge in [0.25, 0.3) is 0 Å². The molecule has 6 heteroatoms. The molecular formula is C44H41N5O. The van der Waals surface area contributed by atoms with Crippen LogP contribution in [0.4, 0.5) is 17.2 Å². The quantitative estimate of drug-likeness (QED) is 0.192. The molecule has 248 valence electrons. The molecule has 6 nitrogen and oxygen atoms in total. The minimum atomic E-state index is -0.302. The molecule has 0 radical (unpaired) electrons. The summed E-state index contributed by atoms with van der Waals surface area (Å²) in [5, 5.41) is 14.1. The van der Waals surface area contributed by atoms with Crippen molar-refractivity contribution in [3.05, 3.63) is 145 Å². The first-order valence-corrected chi connectivity index (χ1v) is 17.0. The maximum atomic E-state index is 11.8. The van der Waals surface area contributed by atoms with Gasteiger partial charge in [-0.3, -0.25) is 4.90 Å². The second-order valence-electron chi connectivity index (χ2n) is 14.7. The van der Waals surface area contributed by atoms with Gasteiger partial charge in [-0.1, -0.05) is 133 Å². The highest BCUT2D eigenvalue weighted by Crippen LogP contribution is 2.43. The molecule has 0 aliphatic rings. The van der Waals surface area contributed by atoms with Crippen LogP contribution in [0.25, 0.3) is 44.9 Å². The highest BCUT2D eigenvalue weighted by molar-refractivity contribution is 5.98. The fourth-order valence-electron chi connectivity index (χ4n) is 6.22. The number of benzene rings is 5. The van der Waals surface area contributed by atoms with Gasteiger partial charge in [0.1, 0.15) is 11.6 Å². The van der Waals surface area contributed by atoms with Gasteiger partial charge in [0, 0.05) is 34.0 Å². The predicted molar refractivity (Wildman–Crippen MR) is 205 cm³/mol. The molecule has 2 aromatic heterocycles. The van der Waals surface area contributed by atoms with E-state index in [4.69, 9.17) is 19.9 Å². The van der Waals surface area contributed by atoms with Crippen LogP contribution < -0.4 is 4.90 Å². The number of anilines is 3. The first-order valence-electron chi connectivity index (χ1n) is 17.0. The van der Waals surface area contributed by atoms with E-state index in [2.05, 4.69) is 107 Å². The standard InChI is InChI=1S/C44H41N5O/c1-43(2,3)32-27-35(39(50)36(28-32)44(4,5)6)42-47-40(30-17-8-7-9-18-30)46-41(48-42)31-20-14-21-33(26-31)49(38-24-12-13-25-45-38)37-23-15-19-29-16-10-11-22-34(29)37/h7-28,50H,1-6H3. The van der Waals surface area contributed by atoms with Gasteiger partial charge in [-0.25, -0.2) is 19.9 Å². The Morgan fingerprint density at radius 1 is 0.560 bits per heavy atom. The molecular weight excluding hydrogens is 615 g/mol. The Morgan fingerprint density at radius 3 is 1.92 bits per heavy atom. The molecule has 0 aliphatic heterocycles. The Bertz CT molecular complexity index is 2300. The minimum absolute atomic E-state index is 0.161. The van der Waals surface area contributed by atoms with Crippen molar-refractivity contribution in [2.75, 3.05) is 4.90 Å². The van der Waals surface area contributed by atoms with Crippen molar-refractivity contribution in [2.45, 2.75) is 52.4 Å². The summed E-state index contributed by atoms with van der Waals surface area (Å²) in [4.78, 5) is 22.0. The van der Waals surface area contributed by atoms with E-state index >= 15 is 0 Å². The molecule has 0 spiro atoms. The third-order valence-corrected chi connectivity index (χ3v) is 8.94. The molecule has 0 saturated carbocycles. The van der Waals surface area contributed by atoms with Crippen LogP contribution in [0, 0.1) is 0 Å². The summed E-state index contributed by atoms with van der Waals surface area (Å²) in [7, 11) is 0. The molecule has 0 amide bonds. The maximum absolute atomic E-state index is 11.8. The van der Waals surface area contributed by atoms with Gasteiger partial charge in [-0.15, -0.1) is 0 Å². The Kier molecular flexibility index (Phi) is 8.40. The predicted octanol–water partition coefficient (Wildman–Crippen LogP) is 11.2. The zero-order valence-electron chi connectivity index (χ0n) is 29.4. The first-order chi connectivity index (χ1) is 24.0. The van der Waals surface area contributed by atoms with Crippen molar-refractivity contribution in [1.29, 1.82) is 0 Å². The molecule has 0 saturated heterocycles. The summed E-state index contributed by atoms with van der Waals surface area (Å²) < 4.78 is 0. The van der Waals surface area contributed by atoms with E-state index in [1.807, 2.05) is 72.9 Å². The molecule has 0 unspecified atom stereocenters. The van der Waals surface area contributed by atoms with Crippen molar-refractivity contribution in [1.82, 2.24) is 19.9 Å². The Hall–Kier alpha value is -5.88. The van der Waals surface area contributed by atoms with Crippen LogP contribution in [0.3, 0.4) is 0 Å². The second kappa shape index (κ2) is 12.9. The second-order valence-corrected chi connectivity index (χ2v) is 14.7. The highest BCUT2D eigenvalue weighted by Gasteiger charge is 2.27. The Balaban J connectivity index is 1.45. The fourth-order valence-corrected chi connectivity index (χ4v) is 6.22. The van der Waals surface area contributed by atoms with Crippen LogP contribution in [0.5, 0.6) is 5.75 Å². The van der Waals surface area contributed by atoms with E-state index in [9.17, 15) is 5.11 Å². The molecule has 2 heterocycles. The average Bonchev–Trinajstić information content (AvgIpc) is 3.12. The van der Waals surface area contributed by atoms with Crippen LogP contribution in [0.1, 0.15) is 52.7 Å². The summed E-state index contributed by atoms with van der Waals surface area (Å²) in [6.07, 6.45) is 1.81. The van der Waals surface area contributed by atoms with Gasteiger partial charge in [0.15, 0.2) is 17.5 Å². The Morgan fingerprint density at radius 2 is 1.20 bits per heavy atom. The number of hydrogen-bond acceptors (Lipinski definition) is 6. The fraction of sp³-hybridized carbons (Fsp3) is 0.182. The molecule has 0 atom stereocenters. The monoisotopic (exact) mass is 655 g/mol. The molecule has 50 heavy (non-hydrogen) atoms. The summed E-state index contributed by atoms with van der Waals surface area (Å²) in [6, 6.07) is 42.9. The molecule has 1 N–H and O–H groups in total.